The molecule has 0 N–H and O–H groups in total. The van der Waals surface area contributed by atoms with Crippen LogP contribution in [0, 0.1) is 5.92 Å². The van der Waals surface area contributed by atoms with E-state index in [1.807, 2.05) is 11.0 Å². The van der Waals surface area contributed by atoms with Gasteiger partial charge in [-0.2, -0.15) is 0 Å². The molecule has 0 spiro atoms. The topological polar surface area (TPSA) is 64.2 Å². The van der Waals surface area contributed by atoms with E-state index in [1.165, 1.54) is 56.9 Å². The molecule has 1 amide bonds. The molecule has 1 aliphatic carbocycles. The molecule has 3 fully saturated rings. The van der Waals surface area contributed by atoms with Crippen molar-refractivity contribution < 1.29 is 13.2 Å². The van der Waals surface area contributed by atoms with Crippen LogP contribution in [0.4, 0.5) is 5.69 Å². The van der Waals surface area contributed by atoms with Crippen LogP contribution in [0.5, 0.6) is 0 Å². The second kappa shape index (κ2) is 10.7. The lowest BCUT2D eigenvalue weighted by Crippen LogP contribution is -2.50. The Balaban J connectivity index is 1.51. The molecule has 7 nitrogen and oxygen atoms in total. The van der Waals surface area contributed by atoms with Crippen LogP contribution >= 0.6 is 0 Å². The summed E-state index contributed by atoms with van der Waals surface area (Å²) >= 11 is 0. The SMILES string of the molecule is CN(C)S(=O)(=O)c1ccc(N2CCCCC2)c(C(=O)N2CCN(CC3CCCCC3)CC2)c1. The van der Waals surface area contributed by atoms with Crippen molar-refractivity contribution in [3.63, 3.8) is 0 Å². The summed E-state index contributed by atoms with van der Waals surface area (Å²) in [5.74, 6) is 0.767. The average molecular weight is 477 g/mol. The van der Waals surface area contributed by atoms with Crippen LogP contribution in [0.25, 0.3) is 0 Å². The smallest absolute Gasteiger partial charge is 0.256 e. The van der Waals surface area contributed by atoms with E-state index in [0.717, 1.165) is 57.2 Å². The van der Waals surface area contributed by atoms with Crippen LogP contribution in [-0.2, 0) is 10.0 Å². The van der Waals surface area contributed by atoms with Gasteiger partial charge in [-0.25, -0.2) is 12.7 Å². The summed E-state index contributed by atoms with van der Waals surface area (Å²) < 4.78 is 26.8. The Kier molecular flexibility index (Phi) is 7.97. The number of carbonyl (C=O) groups is 1. The summed E-state index contributed by atoms with van der Waals surface area (Å²) in [5.41, 5.74) is 1.41. The fourth-order valence-electron chi connectivity index (χ4n) is 5.51. The maximum Gasteiger partial charge on any atom is 0.256 e. The number of anilines is 1. The van der Waals surface area contributed by atoms with Gasteiger partial charge in [0.1, 0.15) is 0 Å². The Morgan fingerprint density at radius 3 is 2.18 bits per heavy atom. The van der Waals surface area contributed by atoms with Gasteiger partial charge in [0.15, 0.2) is 0 Å². The maximum atomic E-state index is 13.7. The van der Waals surface area contributed by atoms with Gasteiger partial charge >= 0.3 is 0 Å². The van der Waals surface area contributed by atoms with E-state index in [4.69, 9.17) is 0 Å². The monoisotopic (exact) mass is 476 g/mol. The second-order valence-corrected chi connectivity index (χ2v) is 12.3. The van der Waals surface area contributed by atoms with Gasteiger partial charge in [-0.05, 0) is 56.2 Å². The summed E-state index contributed by atoms with van der Waals surface area (Å²) in [4.78, 5) is 20.6. The highest BCUT2D eigenvalue weighted by Crippen LogP contribution is 2.30. The molecule has 1 aromatic rings. The van der Waals surface area contributed by atoms with Gasteiger partial charge in [0, 0.05) is 65.6 Å². The zero-order valence-corrected chi connectivity index (χ0v) is 21.2. The predicted molar refractivity (Wildman–Crippen MR) is 132 cm³/mol. The Hall–Kier alpha value is -1.64. The molecule has 184 valence electrons. The van der Waals surface area contributed by atoms with Crippen LogP contribution in [0.2, 0.25) is 0 Å². The molecule has 0 aromatic heterocycles. The van der Waals surface area contributed by atoms with E-state index >= 15 is 0 Å². The van der Waals surface area contributed by atoms with Crippen molar-refractivity contribution >= 4 is 21.6 Å². The van der Waals surface area contributed by atoms with Gasteiger partial charge in [-0.3, -0.25) is 9.69 Å². The highest BCUT2D eigenvalue weighted by molar-refractivity contribution is 7.89. The number of piperazine rings is 1. The van der Waals surface area contributed by atoms with E-state index in [1.54, 1.807) is 12.1 Å². The van der Waals surface area contributed by atoms with Crippen LogP contribution in [0.15, 0.2) is 23.1 Å². The van der Waals surface area contributed by atoms with Crippen LogP contribution in [0.3, 0.4) is 0 Å². The molecular formula is C25H40N4O3S. The first-order valence-corrected chi connectivity index (χ1v) is 14.1. The minimum Gasteiger partial charge on any atom is -0.371 e. The first-order valence-electron chi connectivity index (χ1n) is 12.7. The van der Waals surface area contributed by atoms with Gasteiger partial charge in [-0.1, -0.05) is 19.3 Å². The predicted octanol–water partition coefficient (Wildman–Crippen LogP) is 3.27. The second-order valence-electron chi connectivity index (χ2n) is 10.1. The van der Waals surface area contributed by atoms with Crippen LogP contribution in [-0.4, -0.2) is 88.3 Å². The molecular weight excluding hydrogens is 436 g/mol. The number of benzene rings is 1. The van der Waals surface area contributed by atoms with E-state index < -0.39 is 10.0 Å². The fraction of sp³-hybridized carbons (Fsp3) is 0.720. The maximum absolute atomic E-state index is 13.7. The third-order valence-electron chi connectivity index (χ3n) is 7.57. The molecule has 4 rings (SSSR count). The highest BCUT2D eigenvalue weighted by atomic mass is 32.2. The van der Waals surface area contributed by atoms with Crippen molar-refractivity contribution in [3.8, 4) is 0 Å². The molecule has 33 heavy (non-hydrogen) atoms. The lowest BCUT2D eigenvalue weighted by Gasteiger charge is -2.38. The molecule has 2 aliphatic heterocycles. The zero-order valence-electron chi connectivity index (χ0n) is 20.3. The number of amides is 1. The van der Waals surface area contributed by atoms with Gasteiger partial charge in [-0.15, -0.1) is 0 Å². The highest BCUT2D eigenvalue weighted by Gasteiger charge is 2.29. The number of hydrogen-bond acceptors (Lipinski definition) is 5. The third-order valence-corrected chi connectivity index (χ3v) is 9.39. The molecule has 0 unspecified atom stereocenters. The summed E-state index contributed by atoms with van der Waals surface area (Å²) in [7, 11) is -0.543. The molecule has 2 saturated heterocycles. The zero-order chi connectivity index (χ0) is 23.4. The number of sulfonamides is 1. The minimum absolute atomic E-state index is 0.0382. The molecule has 2 heterocycles. The number of piperidine rings is 1. The molecule has 1 aromatic carbocycles. The molecule has 0 atom stereocenters. The van der Waals surface area contributed by atoms with Crippen molar-refractivity contribution in [3.05, 3.63) is 23.8 Å². The molecule has 0 radical (unpaired) electrons. The summed E-state index contributed by atoms with van der Waals surface area (Å²) in [6.07, 6.45) is 10.2. The van der Waals surface area contributed by atoms with Crippen LogP contribution < -0.4 is 4.90 Å². The van der Waals surface area contributed by atoms with Crippen molar-refractivity contribution in [2.75, 3.05) is 64.8 Å². The quantitative estimate of drug-likeness (QED) is 0.631. The standard InChI is InChI=1S/C25H40N4O3S/c1-26(2)33(31,32)22-11-12-24(28-13-7-4-8-14-28)23(19-22)25(30)29-17-15-27(16-18-29)20-21-9-5-3-6-10-21/h11-12,19,21H,3-10,13-18,20H2,1-2H3. The number of carbonyl (C=O) groups excluding carboxylic acids is 1. The fourth-order valence-corrected chi connectivity index (χ4v) is 6.44. The van der Waals surface area contributed by atoms with Gasteiger partial charge in [0.25, 0.3) is 5.91 Å². The van der Waals surface area contributed by atoms with Gasteiger partial charge in [0.05, 0.1) is 10.5 Å². The minimum atomic E-state index is -3.60. The first kappa shape index (κ1) is 24.5. The normalized spacial score (nSPS) is 21.5. The molecule has 0 bridgehead atoms. The largest absolute Gasteiger partial charge is 0.371 e. The number of rotatable bonds is 6. The Bertz CT molecular complexity index is 914. The first-order chi connectivity index (χ1) is 15.9. The molecule has 3 aliphatic rings. The number of nitrogens with zero attached hydrogens (tertiary/aromatic N) is 4. The summed E-state index contributed by atoms with van der Waals surface area (Å²) in [5, 5.41) is 0. The lowest BCUT2D eigenvalue weighted by molar-refractivity contribution is 0.0606. The summed E-state index contributed by atoms with van der Waals surface area (Å²) in [6.45, 7) is 6.18. The van der Waals surface area contributed by atoms with Gasteiger partial charge < -0.3 is 9.80 Å². The Morgan fingerprint density at radius 1 is 0.909 bits per heavy atom. The average Bonchev–Trinajstić information content (AvgIpc) is 2.85. The number of hydrogen-bond donors (Lipinski definition) is 0. The van der Waals surface area contributed by atoms with Crippen molar-refractivity contribution in [1.29, 1.82) is 0 Å². The van der Waals surface area contributed by atoms with E-state index in [0.29, 0.717) is 18.7 Å². The van der Waals surface area contributed by atoms with Crippen molar-refractivity contribution in [1.82, 2.24) is 14.1 Å². The Morgan fingerprint density at radius 2 is 1.55 bits per heavy atom. The molecule has 1 saturated carbocycles. The van der Waals surface area contributed by atoms with Crippen molar-refractivity contribution in [2.45, 2.75) is 56.3 Å². The van der Waals surface area contributed by atoms with Crippen LogP contribution in [0.1, 0.15) is 61.7 Å². The molecule has 8 heteroatoms. The van der Waals surface area contributed by atoms with Gasteiger partial charge in [0.2, 0.25) is 10.0 Å². The van der Waals surface area contributed by atoms with Crippen molar-refractivity contribution in [2.24, 2.45) is 5.92 Å². The van der Waals surface area contributed by atoms with E-state index in [2.05, 4.69) is 9.80 Å². The summed E-state index contributed by atoms with van der Waals surface area (Å²) in [6, 6.07) is 5.10. The Labute approximate surface area is 199 Å². The van der Waals surface area contributed by atoms with E-state index in [9.17, 15) is 13.2 Å². The third kappa shape index (κ3) is 5.72. The van der Waals surface area contributed by atoms with E-state index in [-0.39, 0.29) is 10.8 Å². The lowest BCUT2D eigenvalue weighted by atomic mass is 9.89.